The van der Waals surface area contributed by atoms with E-state index in [9.17, 15) is 53.1 Å². The number of carbonyl (C=O) groups excluding carboxylic acids is 2. The van der Waals surface area contributed by atoms with Crippen LogP contribution in [-0.4, -0.2) is 123 Å². The molecule has 2 aromatic rings. The number of rotatable bonds is 20. The Balaban J connectivity index is 1.51. The highest BCUT2D eigenvalue weighted by atomic mass is 31.3. The van der Waals surface area contributed by atoms with Gasteiger partial charge in [-0.1, -0.05) is 19.0 Å². The van der Waals surface area contributed by atoms with Gasteiger partial charge in [-0.05, 0) is 34.6 Å². The van der Waals surface area contributed by atoms with Crippen molar-refractivity contribution in [3.05, 3.63) is 18.3 Å². The molecule has 0 aromatic carbocycles. The third-order valence-corrected chi connectivity index (χ3v) is 10.6. The fourth-order valence-electron chi connectivity index (χ4n) is 4.68. The lowest BCUT2D eigenvalue weighted by molar-refractivity contribution is -0.137. The molecule has 1 saturated heterocycles. The van der Waals surface area contributed by atoms with Crippen LogP contribution >= 0.6 is 23.5 Å². The number of ether oxygens (including phenoxy) is 1. The topological polar surface area (TPSA) is 342 Å². The maximum atomic E-state index is 12.7. The second kappa shape index (κ2) is 18.6. The molecule has 0 spiro atoms. The molecule has 1 aliphatic rings. The minimum atomic E-state index is -5.54. The summed E-state index contributed by atoms with van der Waals surface area (Å²) in [6.45, 7) is 9.55. The highest BCUT2D eigenvalue weighted by molar-refractivity contribution is 7.61. The number of aromatic nitrogens is 4. The van der Waals surface area contributed by atoms with Gasteiger partial charge >= 0.3 is 23.5 Å². The molecule has 3 heterocycles. The van der Waals surface area contributed by atoms with E-state index in [1.165, 1.54) is 31.1 Å². The average molecular weight is 848 g/mol. The minimum absolute atomic E-state index is 0.137. The molecule has 312 valence electrons. The van der Waals surface area contributed by atoms with E-state index in [1.54, 1.807) is 13.8 Å². The molecule has 1 fully saturated rings. The van der Waals surface area contributed by atoms with Gasteiger partial charge in [0.1, 0.15) is 41.9 Å². The Hall–Kier alpha value is -2.79. The third-order valence-electron chi connectivity index (χ3n) is 7.52. The number of aliphatic hydroxyl groups excluding tert-OH is 2. The number of phosphoric ester groups is 3. The molecule has 0 bridgehead atoms. The van der Waals surface area contributed by atoms with Crippen molar-refractivity contribution < 1.29 is 80.5 Å². The van der Waals surface area contributed by atoms with Crippen molar-refractivity contribution in [3.63, 3.8) is 0 Å². The van der Waals surface area contributed by atoms with Crippen LogP contribution in [0.4, 0.5) is 0 Å². The molecule has 2 aromatic heterocycles. The predicted octanol–water partition coefficient (Wildman–Crippen LogP) is 0.712. The Morgan fingerprint density at radius 3 is 2.27 bits per heavy atom. The summed E-state index contributed by atoms with van der Waals surface area (Å²) in [6, 6.07) is 0. The summed E-state index contributed by atoms with van der Waals surface area (Å²) in [7, 11) is -16.3. The molecule has 6 unspecified atom stereocenters. The van der Waals surface area contributed by atoms with Crippen LogP contribution in [-0.2, 0) is 50.7 Å². The van der Waals surface area contributed by atoms with Crippen LogP contribution in [0, 0.1) is 12.3 Å². The fourth-order valence-corrected chi connectivity index (χ4v) is 7.51. The summed E-state index contributed by atoms with van der Waals surface area (Å²) < 4.78 is 62.3. The van der Waals surface area contributed by atoms with Crippen LogP contribution in [0.3, 0.4) is 0 Å². The van der Waals surface area contributed by atoms with Gasteiger partial charge < -0.3 is 50.0 Å². The summed E-state index contributed by atoms with van der Waals surface area (Å²) in [5, 5.41) is 30.5. The SMILES string of the molecule is C/C(CCNC(=O)CCNC(=O)[C@H](O)C(C)(C)COP(=O)(O)OP(=O)(O)OCC1OC(n2cnc3c(C)ncnc32)C(O)C1OP(=O)(O)O)=N\OC(C)(C)C. The Morgan fingerprint density at radius 1 is 1.00 bits per heavy atom. The number of nitrogens with one attached hydrogen (secondary N) is 2. The molecule has 27 heteroatoms. The number of aryl methyl sites for hydroxylation is 1. The van der Waals surface area contributed by atoms with Crippen LogP contribution in [0.25, 0.3) is 11.2 Å². The average Bonchev–Trinajstić information content (AvgIpc) is 3.61. The molecule has 1 aliphatic heterocycles. The number of carbonyl (C=O) groups is 2. The summed E-state index contributed by atoms with van der Waals surface area (Å²) in [5.74, 6) is -1.35. The Labute approximate surface area is 315 Å². The summed E-state index contributed by atoms with van der Waals surface area (Å²) in [6.07, 6.45) is -6.05. The zero-order valence-corrected chi connectivity index (χ0v) is 33.7. The van der Waals surface area contributed by atoms with Crippen molar-refractivity contribution in [2.45, 2.75) is 97.6 Å². The quantitative estimate of drug-likeness (QED) is 0.0517. The van der Waals surface area contributed by atoms with Gasteiger partial charge in [-0.25, -0.2) is 28.6 Å². The first-order valence-electron chi connectivity index (χ1n) is 16.5. The number of hydrogen-bond donors (Lipinski definition) is 8. The Morgan fingerprint density at radius 2 is 1.64 bits per heavy atom. The second-order valence-electron chi connectivity index (χ2n) is 14.0. The van der Waals surface area contributed by atoms with E-state index in [0.29, 0.717) is 23.3 Å². The van der Waals surface area contributed by atoms with Crippen molar-refractivity contribution in [2.75, 3.05) is 26.3 Å². The number of oxime groups is 1. The molecule has 55 heavy (non-hydrogen) atoms. The number of imidazole rings is 1. The number of nitrogens with zero attached hydrogens (tertiary/aromatic N) is 5. The lowest BCUT2D eigenvalue weighted by Crippen LogP contribution is -2.46. The zero-order valence-electron chi connectivity index (χ0n) is 31.0. The van der Waals surface area contributed by atoms with Crippen LogP contribution in [0.1, 0.15) is 66.3 Å². The molecule has 3 rings (SSSR count). The molecule has 0 radical (unpaired) electrons. The summed E-state index contributed by atoms with van der Waals surface area (Å²) >= 11 is 0. The first-order valence-corrected chi connectivity index (χ1v) is 21.0. The predicted molar refractivity (Wildman–Crippen MR) is 189 cm³/mol. The normalized spacial score (nSPS) is 22.5. The van der Waals surface area contributed by atoms with E-state index in [4.69, 9.17) is 18.6 Å². The Kier molecular flexibility index (Phi) is 15.8. The van der Waals surface area contributed by atoms with Crippen molar-refractivity contribution >= 4 is 52.2 Å². The fraction of sp³-hybridized carbons (Fsp3) is 0.714. The van der Waals surface area contributed by atoms with Gasteiger partial charge in [0, 0.05) is 31.3 Å². The summed E-state index contributed by atoms with van der Waals surface area (Å²) in [5.41, 5.74) is -0.470. The first-order chi connectivity index (χ1) is 25.2. The number of aliphatic hydroxyl groups is 2. The van der Waals surface area contributed by atoms with Gasteiger partial charge in [0.2, 0.25) is 11.8 Å². The Bertz CT molecular complexity index is 1830. The first kappa shape index (κ1) is 46.6. The van der Waals surface area contributed by atoms with Gasteiger partial charge in [-0.3, -0.25) is 27.7 Å². The smallest absolute Gasteiger partial charge is 0.390 e. The van der Waals surface area contributed by atoms with Gasteiger partial charge in [-0.15, -0.1) is 0 Å². The third kappa shape index (κ3) is 14.6. The van der Waals surface area contributed by atoms with E-state index in [0.717, 1.165) is 0 Å². The molecule has 0 saturated carbocycles. The molecule has 0 aliphatic carbocycles. The molecule has 8 N–H and O–H groups in total. The van der Waals surface area contributed by atoms with Crippen molar-refractivity contribution in [3.8, 4) is 0 Å². The van der Waals surface area contributed by atoms with E-state index in [1.807, 2.05) is 20.8 Å². The molecular formula is C28H48N7O17P3. The summed E-state index contributed by atoms with van der Waals surface area (Å²) in [4.78, 5) is 81.4. The second-order valence-corrected chi connectivity index (χ2v) is 18.3. The van der Waals surface area contributed by atoms with Crippen molar-refractivity contribution in [1.82, 2.24) is 30.2 Å². The monoisotopic (exact) mass is 847 g/mol. The van der Waals surface area contributed by atoms with Gasteiger partial charge in [-0.2, -0.15) is 4.31 Å². The molecule has 7 atom stereocenters. The number of hydrogen-bond acceptors (Lipinski definition) is 17. The highest BCUT2D eigenvalue weighted by Crippen LogP contribution is 2.61. The van der Waals surface area contributed by atoms with Gasteiger partial charge in [0.15, 0.2) is 11.9 Å². The molecule has 2 amide bonds. The van der Waals surface area contributed by atoms with Crippen molar-refractivity contribution in [2.24, 2.45) is 10.6 Å². The maximum absolute atomic E-state index is 12.7. The van der Waals surface area contributed by atoms with Gasteiger partial charge in [0.05, 0.1) is 30.9 Å². The maximum Gasteiger partial charge on any atom is 0.481 e. The zero-order chi connectivity index (χ0) is 41.6. The van der Waals surface area contributed by atoms with Crippen LogP contribution in [0.2, 0.25) is 0 Å². The van der Waals surface area contributed by atoms with Crippen LogP contribution < -0.4 is 10.6 Å². The van der Waals surface area contributed by atoms with Crippen LogP contribution in [0.5, 0.6) is 0 Å². The number of phosphoric acid groups is 3. The standard InChI is InChI=1S/C28H48N7O17P3/c1-16(34-51-27(3,4)5)8-10-29-19(36)9-11-30-25(39)23(38)28(6,7)13-48-55(45,46)52-54(43,44)47-12-18-22(50-53(40,41)42)21(37)26(49-18)35-15-33-20-17(2)31-14-32-24(20)35/h14-15,18,21-23,26,37-38H,8-13H2,1-7H3,(H,29,36)(H,30,39)(H,43,44)(H,45,46)(H2,40,41,42)/b34-16+/t18?,21?,22?,23-,26?/m0/s1. The van der Waals surface area contributed by atoms with Crippen molar-refractivity contribution in [1.29, 1.82) is 0 Å². The van der Waals surface area contributed by atoms with E-state index >= 15 is 0 Å². The number of fused-ring (bicyclic) bond motifs is 1. The van der Waals surface area contributed by atoms with E-state index in [-0.39, 0.29) is 25.2 Å². The van der Waals surface area contributed by atoms with E-state index < -0.39 is 90.2 Å². The number of amides is 2. The largest absolute Gasteiger partial charge is 0.481 e. The van der Waals surface area contributed by atoms with E-state index in [2.05, 4.69) is 39.6 Å². The minimum Gasteiger partial charge on any atom is -0.390 e. The molecular weight excluding hydrogens is 799 g/mol. The van der Waals surface area contributed by atoms with Crippen LogP contribution in [0.15, 0.2) is 17.8 Å². The lowest BCUT2D eigenvalue weighted by Gasteiger charge is -2.30. The highest BCUT2D eigenvalue weighted by Gasteiger charge is 2.50. The molecule has 24 nitrogen and oxygen atoms in total. The van der Waals surface area contributed by atoms with Gasteiger partial charge in [0.25, 0.3) is 0 Å². The lowest BCUT2D eigenvalue weighted by atomic mass is 9.87.